The Hall–Kier alpha value is -1.76. The lowest BCUT2D eigenvalue weighted by atomic mass is 10.0. The summed E-state index contributed by atoms with van der Waals surface area (Å²) in [6.45, 7) is -0.641. The second-order valence-corrected chi connectivity index (χ2v) is 4.87. The van der Waals surface area contributed by atoms with E-state index in [1.807, 2.05) is 12.1 Å². The molecule has 0 atom stereocenters. The zero-order chi connectivity index (χ0) is 15.3. The minimum absolute atomic E-state index is 0.106. The van der Waals surface area contributed by atoms with E-state index in [0.717, 1.165) is 30.6 Å². The molecule has 4 nitrogen and oxygen atoms in total. The maximum absolute atomic E-state index is 11.9. The zero-order valence-electron chi connectivity index (χ0n) is 11.4. The molecule has 0 fully saturated rings. The third-order valence-electron chi connectivity index (χ3n) is 3.07. The molecule has 1 amide bonds. The number of ether oxygens (including phenoxy) is 1. The molecule has 0 saturated carbocycles. The first kappa shape index (κ1) is 15.6. The molecule has 0 aliphatic carbocycles. The van der Waals surface area contributed by atoms with Crippen molar-refractivity contribution >= 4 is 17.3 Å². The molecular weight excluding hydrogens is 285 g/mol. The molecule has 2 N–H and O–H groups in total. The van der Waals surface area contributed by atoms with Gasteiger partial charge in [0.25, 0.3) is 0 Å². The number of fused-ring (bicyclic) bond motifs is 1. The number of alkyl halides is 3. The van der Waals surface area contributed by atoms with Gasteiger partial charge in [0.2, 0.25) is 5.91 Å². The number of aryl methyl sites for hydroxylation is 1. The number of anilines is 2. The summed E-state index contributed by atoms with van der Waals surface area (Å²) in [5.74, 6) is -0.360. The third kappa shape index (κ3) is 5.26. The molecular formula is C14H17F3N2O2. The van der Waals surface area contributed by atoms with E-state index >= 15 is 0 Å². The maximum Gasteiger partial charge on any atom is 0.411 e. The Labute approximate surface area is 120 Å². The van der Waals surface area contributed by atoms with Crippen LogP contribution in [0.3, 0.4) is 0 Å². The van der Waals surface area contributed by atoms with Crippen LogP contribution in [0.25, 0.3) is 0 Å². The molecule has 1 heterocycles. The molecule has 0 spiro atoms. The Morgan fingerprint density at radius 3 is 2.95 bits per heavy atom. The summed E-state index contributed by atoms with van der Waals surface area (Å²) in [5, 5.41) is 5.92. The van der Waals surface area contributed by atoms with Crippen LogP contribution >= 0.6 is 0 Å². The monoisotopic (exact) mass is 302 g/mol. The van der Waals surface area contributed by atoms with Gasteiger partial charge in [0, 0.05) is 17.9 Å². The maximum atomic E-state index is 11.9. The first-order valence-electron chi connectivity index (χ1n) is 6.75. The first-order chi connectivity index (χ1) is 9.94. The predicted molar refractivity (Wildman–Crippen MR) is 73.4 cm³/mol. The first-order valence-corrected chi connectivity index (χ1v) is 6.75. The SMILES string of the molecule is O=C(CCOCC(F)(F)F)Nc1ccc2c(c1)CCCN2. The Morgan fingerprint density at radius 1 is 1.38 bits per heavy atom. The number of halogens is 3. The minimum atomic E-state index is -4.36. The van der Waals surface area contributed by atoms with Crippen molar-refractivity contribution in [2.75, 3.05) is 30.4 Å². The molecule has 0 unspecified atom stereocenters. The molecule has 2 rings (SSSR count). The van der Waals surface area contributed by atoms with Gasteiger partial charge in [-0.05, 0) is 36.6 Å². The third-order valence-corrected chi connectivity index (χ3v) is 3.07. The topological polar surface area (TPSA) is 50.4 Å². The van der Waals surface area contributed by atoms with Crippen molar-refractivity contribution in [3.8, 4) is 0 Å². The van der Waals surface area contributed by atoms with Crippen LogP contribution in [-0.2, 0) is 16.0 Å². The number of rotatable bonds is 5. The highest BCUT2D eigenvalue weighted by atomic mass is 19.4. The summed E-state index contributed by atoms with van der Waals surface area (Å²) in [7, 11) is 0. The lowest BCUT2D eigenvalue weighted by Gasteiger charge is -2.18. The van der Waals surface area contributed by atoms with Gasteiger partial charge in [0.1, 0.15) is 6.61 Å². The Kier molecular flexibility index (Phi) is 5.06. The number of nitrogens with one attached hydrogen (secondary N) is 2. The summed E-state index contributed by atoms with van der Waals surface area (Å²) < 4.78 is 40.0. The van der Waals surface area contributed by atoms with Gasteiger partial charge < -0.3 is 15.4 Å². The molecule has 116 valence electrons. The van der Waals surface area contributed by atoms with Gasteiger partial charge in [0.15, 0.2) is 0 Å². The number of hydrogen-bond acceptors (Lipinski definition) is 3. The molecule has 1 aromatic carbocycles. The van der Waals surface area contributed by atoms with Crippen LogP contribution in [0.5, 0.6) is 0 Å². The molecule has 7 heteroatoms. The van der Waals surface area contributed by atoms with E-state index in [1.54, 1.807) is 6.07 Å². The Balaban J connectivity index is 1.77. The molecule has 21 heavy (non-hydrogen) atoms. The number of hydrogen-bond donors (Lipinski definition) is 2. The number of amides is 1. The summed E-state index contributed by atoms with van der Waals surface area (Å²) in [4.78, 5) is 11.6. The van der Waals surface area contributed by atoms with E-state index in [1.165, 1.54) is 0 Å². The van der Waals surface area contributed by atoms with Crippen molar-refractivity contribution in [1.29, 1.82) is 0 Å². The van der Waals surface area contributed by atoms with Gasteiger partial charge >= 0.3 is 6.18 Å². The summed E-state index contributed by atoms with van der Waals surface area (Å²) in [6, 6.07) is 5.55. The molecule has 0 bridgehead atoms. The lowest BCUT2D eigenvalue weighted by Crippen LogP contribution is -2.20. The number of benzene rings is 1. The highest BCUT2D eigenvalue weighted by molar-refractivity contribution is 5.91. The molecule has 1 aliphatic rings. The van der Waals surface area contributed by atoms with Crippen molar-refractivity contribution < 1.29 is 22.7 Å². The molecule has 1 aliphatic heterocycles. The van der Waals surface area contributed by atoms with Crippen LogP contribution in [0.2, 0.25) is 0 Å². The van der Waals surface area contributed by atoms with E-state index in [2.05, 4.69) is 15.4 Å². The van der Waals surface area contributed by atoms with Crippen molar-refractivity contribution in [3.05, 3.63) is 23.8 Å². The fraction of sp³-hybridized carbons (Fsp3) is 0.500. The van der Waals surface area contributed by atoms with Gasteiger partial charge in [-0.15, -0.1) is 0 Å². The highest BCUT2D eigenvalue weighted by Crippen LogP contribution is 2.25. The average molecular weight is 302 g/mol. The Bertz CT molecular complexity index is 503. The van der Waals surface area contributed by atoms with Crippen LogP contribution < -0.4 is 10.6 Å². The van der Waals surface area contributed by atoms with E-state index in [9.17, 15) is 18.0 Å². The van der Waals surface area contributed by atoms with Crippen LogP contribution in [-0.4, -0.2) is 31.8 Å². The minimum Gasteiger partial charge on any atom is -0.385 e. The fourth-order valence-corrected chi connectivity index (χ4v) is 2.13. The number of carbonyl (C=O) groups excluding carboxylic acids is 1. The second-order valence-electron chi connectivity index (χ2n) is 4.87. The smallest absolute Gasteiger partial charge is 0.385 e. The van der Waals surface area contributed by atoms with Crippen molar-refractivity contribution in [3.63, 3.8) is 0 Å². The zero-order valence-corrected chi connectivity index (χ0v) is 11.4. The molecule has 0 saturated heterocycles. The Morgan fingerprint density at radius 2 is 2.19 bits per heavy atom. The van der Waals surface area contributed by atoms with Crippen molar-refractivity contribution in [2.24, 2.45) is 0 Å². The van der Waals surface area contributed by atoms with E-state index in [0.29, 0.717) is 5.69 Å². The van der Waals surface area contributed by atoms with E-state index in [4.69, 9.17) is 0 Å². The quantitative estimate of drug-likeness (QED) is 0.822. The second kappa shape index (κ2) is 6.80. The van der Waals surface area contributed by atoms with Crippen LogP contribution in [0.1, 0.15) is 18.4 Å². The van der Waals surface area contributed by atoms with E-state index < -0.39 is 12.8 Å². The predicted octanol–water partition coefficient (Wildman–Crippen LogP) is 2.95. The van der Waals surface area contributed by atoms with Gasteiger partial charge in [-0.25, -0.2) is 0 Å². The molecule has 1 aromatic rings. The molecule has 0 radical (unpaired) electrons. The standard InChI is InChI=1S/C14H17F3N2O2/c15-14(16,17)9-21-7-5-13(20)19-11-3-4-12-10(8-11)2-1-6-18-12/h3-4,8,18H,1-2,5-7,9H2,(H,19,20). The largest absolute Gasteiger partial charge is 0.411 e. The van der Waals surface area contributed by atoms with E-state index in [-0.39, 0.29) is 18.9 Å². The molecule has 0 aromatic heterocycles. The number of carbonyl (C=O) groups is 1. The normalized spacial score (nSPS) is 14.2. The fourth-order valence-electron chi connectivity index (χ4n) is 2.13. The highest BCUT2D eigenvalue weighted by Gasteiger charge is 2.27. The van der Waals surface area contributed by atoms with Crippen LogP contribution in [0, 0.1) is 0 Å². The van der Waals surface area contributed by atoms with Gasteiger partial charge in [-0.3, -0.25) is 4.79 Å². The van der Waals surface area contributed by atoms with Crippen molar-refractivity contribution in [2.45, 2.75) is 25.4 Å². The van der Waals surface area contributed by atoms with Crippen LogP contribution in [0.4, 0.5) is 24.5 Å². The summed E-state index contributed by atoms with van der Waals surface area (Å²) in [6.07, 6.45) is -2.48. The van der Waals surface area contributed by atoms with Gasteiger partial charge in [-0.1, -0.05) is 0 Å². The van der Waals surface area contributed by atoms with Crippen molar-refractivity contribution in [1.82, 2.24) is 0 Å². The average Bonchev–Trinajstić information content (AvgIpc) is 2.42. The van der Waals surface area contributed by atoms with Crippen LogP contribution in [0.15, 0.2) is 18.2 Å². The lowest BCUT2D eigenvalue weighted by molar-refractivity contribution is -0.174. The summed E-state index contributed by atoms with van der Waals surface area (Å²) in [5.41, 5.74) is 2.85. The van der Waals surface area contributed by atoms with Gasteiger partial charge in [0.05, 0.1) is 13.0 Å². The summed E-state index contributed by atoms with van der Waals surface area (Å²) >= 11 is 0. The van der Waals surface area contributed by atoms with Gasteiger partial charge in [-0.2, -0.15) is 13.2 Å².